The molecular weight excluding hydrogens is 330 g/mol. The van der Waals surface area contributed by atoms with Gasteiger partial charge >= 0.3 is 0 Å². The first-order valence-corrected chi connectivity index (χ1v) is 8.97. The number of aromatic nitrogens is 1. The number of aryl methyl sites for hydroxylation is 1. The molecule has 2 aromatic carbocycles. The fourth-order valence-electron chi connectivity index (χ4n) is 2.62. The van der Waals surface area contributed by atoms with Gasteiger partial charge in [-0.15, -0.1) is 11.3 Å². The van der Waals surface area contributed by atoms with Gasteiger partial charge in [-0.2, -0.15) is 0 Å². The van der Waals surface area contributed by atoms with Crippen molar-refractivity contribution < 1.29 is 4.79 Å². The summed E-state index contributed by atoms with van der Waals surface area (Å²) in [6, 6.07) is 18.1. The van der Waals surface area contributed by atoms with Crippen LogP contribution in [-0.2, 0) is 11.3 Å². The molecule has 0 unspecified atom stereocenters. The molecule has 1 amide bonds. The van der Waals surface area contributed by atoms with Crippen LogP contribution in [0.2, 0.25) is 0 Å². The van der Waals surface area contributed by atoms with Crippen LogP contribution in [-0.4, -0.2) is 29.4 Å². The molecule has 0 aliphatic rings. The smallest absolute Gasteiger partial charge is 0.238 e. The first-order chi connectivity index (χ1) is 12.1. The van der Waals surface area contributed by atoms with Crippen molar-refractivity contribution in [1.82, 2.24) is 9.88 Å². The molecule has 3 rings (SSSR count). The maximum Gasteiger partial charge on any atom is 0.238 e. The van der Waals surface area contributed by atoms with Crippen LogP contribution in [0.4, 0.5) is 5.69 Å². The largest absolute Gasteiger partial charge is 0.325 e. The second kappa shape index (κ2) is 8.05. The van der Waals surface area contributed by atoms with Gasteiger partial charge in [-0.25, -0.2) is 4.98 Å². The van der Waals surface area contributed by atoms with E-state index in [1.165, 1.54) is 10.4 Å². The summed E-state index contributed by atoms with van der Waals surface area (Å²) in [4.78, 5) is 19.6. The molecule has 0 saturated heterocycles. The minimum absolute atomic E-state index is 0.0174. The second-order valence-corrected chi connectivity index (χ2v) is 7.33. The molecule has 4 nitrogen and oxygen atoms in total. The van der Waals surface area contributed by atoms with Crippen molar-refractivity contribution in [2.24, 2.45) is 0 Å². The van der Waals surface area contributed by atoms with E-state index < -0.39 is 0 Å². The maximum absolute atomic E-state index is 12.2. The fourth-order valence-corrected chi connectivity index (χ4v) is 3.50. The van der Waals surface area contributed by atoms with E-state index in [0.29, 0.717) is 6.54 Å². The zero-order valence-corrected chi connectivity index (χ0v) is 15.2. The molecule has 0 fully saturated rings. The summed E-state index contributed by atoms with van der Waals surface area (Å²) in [5, 5.41) is 4.00. The van der Waals surface area contributed by atoms with Crippen LogP contribution in [0.3, 0.4) is 0 Å². The van der Waals surface area contributed by atoms with E-state index >= 15 is 0 Å². The van der Waals surface area contributed by atoms with Gasteiger partial charge in [-0.1, -0.05) is 42.5 Å². The molecule has 1 aromatic heterocycles. The van der Waals surface area contributed by atoms with Gasteiger partial charge in [0, 0.05) is 23.3 Å². The van der Waals surface area contributed by atoms with Crippen LogP contribution in [0.25, 0.3) is 11.1 Å². The van der Waals surface area contributed by atoms with Gasteiger partial charge in [0.15, 0.2) is 0 Å². The van der Waals surface area contributed by atoms with E-state index in [2.05, 4.69) is 22.4 Å². The number of hydrogen-bond donors (Lipinski definition) is 1. The van der Waals surface area contributed by atoms with E-state index in [0.717, 1.165) is 22.8 Å². The highest BCUT2D eigenvalue weighted by Crippen LogP contribution is 2.21. The quantitative estimate of drug-likeness (QED) is 0.724. The predicted molar refractivity (Wildman–Crippen MR) is 104 cm³/mol. The third kappa shape index (κ3) is 4.98. The summed E-state index contributed by atoms with van der Waals surface area (Å²) in [6.45, 7) is 3.06. The van der Waals surface area contributed by atoms with Crippen molar-refractivity contribution in [3.05, 3.63) is 70.7 Å². The van der Waals surface area contributed by atoms with Crippen LogP contribution in [0.15, 0.2) is 60.8 Å². The number of carbonyl (C=O) groups excluding carboxylic acids is 1. The number of thiazole rings is 1. The molecule has 0 spiro atoms. The molecule has 1 heterocycles. The number of amides is 1. The van der Waals surface area contributed by atoms with Gasteiger partial charge in [0.1, 0.15) is 0 Å². The summed E-state index contributed by atoms with van der Waals surface area (Å²) in [5.74, 6) is -0.0174. The number of nitrogens with zero attached hydrogens (tertiary/aromatic N) is 2. The van der Waals surface area contributed by atoms with Crippen LogP contribution >= 0.6 is 11.3 Å². The average Bonchev–Trinajstić information content (AvgIpc) is 3.01. The fraction of sp³-hybridized carbons (Fsp3) is 0.200. The Bertz CT molecular complexity index is 828. The van der Waals surface area contributed by atoms with E-state index in [9.17, 15) is 4.79 Å². The van der Waals surface area contributed by atoms with Crippen LogP contribution in [0.1, 0.15) is 9.88 Å². The Labute approximate surface area is 152 Å². The van der Waals surface area contributed by atoms with Crippen molar-refractivity contribution in [3.63, 3.8) is 0 Å². The van der Waals surface area contributed by atoms with Gasteiger partial charge < -0.3 is 5.32 Å². The van der Waals surface area contributed by atoms with Gasteiger partial charge in [-0.05, 0) is 37.2 Å². The monoisotopic (exact) mass is 351 g/mol. The van der Waals surface area contributed by atoms with Gasteiger partial charge in [0.25, 0.3) is 0 Å². The third-order valence-corrected chi connectivity index (χ3v) is 4.68. The molecule has 25 heavy (non-hydrogen) atoms. The highest BCUT2D eigenvalue weighted by atomic mass is 32.1. The second-order valence-electron chi connectivity index (χ2n) is 6.01. The molecule has 0 bridgehead atoms. The van der Waals surface area contributed by atoms with Gasteiger partial charge in [0.05, 0.1) is 11.6 Å². The summed E-state index contributed by atoms with van der Waals surface area (Å²) >= 11 is 1.66. The number of hydrogen-bond acceptors (Lipinski definition) is 4. The topological polar surface area (TPSA) is 45.2 Å². The average molecular weight is 351 g/mol. The Kier molecular flexibility index (Phi) is 5.58. The number of benzene rings is 2. The molecule has 1 N–H and O–H groups in total. The maximum atomic E-state index is 12.2. The van der Waals surface area contributed by atoms with E-state index in [1.807, 2.05) is 67.5 Å². The minimum Gasteiger partial charge on any atom is -0.325 e. The zero-order chi connectivity index (χ0) is 17.6. The van der Waals surface area contributed by atoms with Crippen molar-refractivity contribution >= 4 is 22.9 Å². The van der Waals surface area contributed by atoms with Gasteiger partial charge in [-0.3, -0.25) is 9.69 Å². The van der Waals surface area contributed by atoms with Gasteiger partial charge in [0.2, 0.25) is 5.91 Å². The summed E-state index contributed by atoms with van der Waals surface area (Å²) in [6.07, 6.45) is 1.87. The Balaban J connectivity index is 1.54. The standard InChI is InChI=1S/C20H21N3OS/c1-15-21-12-19(25-15)13-23(2)14-20(24)22-18-10-8-17(9-11-18)16-6-4-3-5-7-16/h3-12H,13-14H2,1-2H3,(H,22,24). The van der Waals surface area contributed by atoms with E-state index in [1.54, 1.807) is 11.3 Å². The lowest BCUT2D eigenvalue weighted by Crippen LogP contribution is -2.29. The molecule has 3 aromatic rings. The molecule has 5 heteroatoms. The van der Waals surface area contributed by atoms with Crippen LogP contribution in [0, 0.1) is 6.92 Å². The Hall–Kier alpha value is -2.50. The predicted octanol–water partition coefficient (Wildman–Crippen LogP) is 4.19. The highest BCUT2D eigenvalue weighted by Gasteiger charge is 2.09. The number of carbonyl (C=O) groups is 1. The Morgan fingerprint density at radius 3 is 2.40 bits per heavy atom. The van der Waals surface area contributed by atoms with Crippen LogP contribution in [0.5, 0.6) is 0 Å². The summed E-state index contributed by atoms with van der Waals surface area (Å²) in [7, 11) is 1.94. The minimum atomic E-state index is -0.0174. The zero-order valence-electron chi connectivity index (χ0n) is 14.4. The Morgan fingerprint density at radius 1 is 1.08 bits per heavy atom. The molecule has 0 atom stereocenters. The van der Waals surface area contributed by atoms with E-state index in [-0.39, 0.29) is 5.91 Å². The molecule has 128 valence electrons. The first-order valence-electron chi connectivity index (χ1n) is 8.15. The molecule has 0 aliphatic carbocycles. The molecule has 0 saturated carbocycles. The number of nitrogens with one attached hydrogen (secondary N) is 1. The summed E-state index contributed by atoms with van der Waals surface area (Å²) in [5.41, 5.74) is 3.11. The number of anilines is 1. The van der Waals surface area contributed by atoms with Crippen LogP contribution < -0.4 is 5.32 Å². The molecule has 0 radical (unpaired) electrons. The lowest BCUT2D eigenvalue weighted by Gasteiger charge is -2.15. The van der Waals surface area contributed by atoms with Crippen molar-refractivity contribution in [2.75, 3.05) is 18.9 Å². The van der Waals surface area contributed by atoms with E-state index in [4.69, 9.17) is 0 Å². The van der Waals surface area contributed by atoms with Crippen molar-refractivity contribution in [2.45, 2.75) is 13.5 Å². The third-order valence-electron chi connectivity index (χ3n) is 3.78. The normalized spacial score (nSPS) is 10.8. The van der Waals surface area contributed by atoms with Crippen molar-refractivity contribution in [3.8, 4) is 11.1 Å². The highest BCUT2D eigenvalue weighted by molar-refractivity contribution is 7.11. The summed E-state index contributed by atoms with van der Waals surface area (Å²) < 4.78 is 0. The SMILES string of the molecule is Cc1ncc(CN(C)CC(=O)Nc2ccc(-c3ccccc3)cc2)s1. The number of rotatable bonds is 6. The molecule has 0 aliphatic heterocycles. The number of likely N-dealkylation sites (N-methyl/N-ethyl adjacent to an activating group) is 1. The first kappa shape index (κ1) is 17.3. The lowest BCUT2D eigenvalue weighted by atomic mass is 10.1. The van der Waals surface area contributed by atoms with Crippen molar-refractivity contribution in [1.29, 1.82) is 0 Å². The Morgan fingerprint density at radius 2 is 1.76 bits per heavy atom. The lowest BCUT2D eigenvalue weighted by molar-refractivity contribution is -0.117. The molecular formula is C20H21N3OS.